The summed E-state index contributed by atoms with van der Waals surface area (Å²) in [6, 6.07) is 0. The zero-order valence-electron chi connectivity index (χ0n) is 9.98. The maximum absolute atomic E-state index is 10.7. The summed E-state index contributed by atoms with van der Waals surface area (Å²) in [5.41, 5.74) is 0.372. The SMILES string of the molecule is CC(=O)NC(C)=NCCCC(C)(C)C. The molecule has 0 aliphatic carbocycles. The standard InChI is InChI=1S/C11H22N2O/c1-9(13-10(2)14)12-8-6-7-11(3,4)5/h6-8H2,1-5H3,(H,12,13,14). The smallest absolute Gasteiger partial charge is 0.222 e. The van der Waals surface area contributed by atoms with E-state index < -0.39 is 0 Å². The number of nitrogens with one attached hydrogen (secondary N) is 1. The highest BCUT2D eigenvalue weighted by Gasteiger charge is 2.08. The molecule has 0 fully saturated rings. The van der Waals surface area contributed by atoms with Gasteiger partial charge in [-0.25, -0.2) is 0 Å². The first-order chi connectivity index (χ1) is 6.31. The summed E-state index contributed by atoms with van der Waals surface area (Å²) in [4.78, 5) is 14.9. The normalized spacial score (nSPS) is 12.8. The number of carbonyl (C=O) groups is 1. The van der Waals surface area contributed by atoms with Crippen LogP contribution in [0, 0.1) is 5.41 Å². The summed E-state index contributed by atoms with van der Waals surface area (Å²) >= 11 is 0. The van der Waals surface area contributed by atoms with E-state index in [0.29, 0.717) is 11.3 Å². The van der Waals surface area contributed by atoms with Crippen LogP contribution in [0.1, 0.15) is 47.5 Å². The lowest BCUT2D eigenvalue weighted by molar-refractivity contribution is -0.117. The van der Waals surface area contributed by atoms with E-state index in [2.05, 4.69) is 31.1 Å². The van der Waals surface area contributed by atoms with Crippen LogP contribution in [-0.4, -0.2) is 18.3 Å². The second-order valence-electron chi connectivity index (χ2n) is 4.81. The van der Waals surface area contributed by atoms with E-state index in [9.17, 15) is 4.79 Å². The Kier molecular flexibility index (Phi) is 5.43. The molecule has 0 spiro atoms. The second kappa shape index (κ2) is 5.78. The Hall–Kier alpha value is -0.860. The Bertz CT molecular complexity index is 214. The fourth-order valence-corrected chi connectivity index (χ4v) is 1.15. The van der Waals surface area contributed by atoms with Crippen LogP contribution >= 0.6 is 0 Å². The summed E-state index contributed by atoms with van der Waals surface area (Å²) in [6.07, 6.45) is 2.23. The zero-order valence-corrected chi connectivity index (χ0v) is 9.98. The lowest BCUT2D eigenvalue weighted by atomic mass is 9.91. The van der Waals surface area contributed by atoms with Crippen molar-refractivity contribution in [2.45, 2.75) is 47.5 Å². The number of aliphatic imine (C=N–C) groups is 1. The summed E-state index contributed by atoms with van der Waals surface area (Å²) < 4.78 is 0. The zero-order chi connectivity index (χ0) is 11.2. The van der Waals surface area contributed by atoms with E-state index in [0.717, 1.165) is 19.4 Å². The molecule has 0 saturated heterocycles. The number of nitrogens with zero attached hydrogens (tertiary/aromatic N) is 1. The molecule has 0 aromatic carbocycles. The van der Waals surface area contributed by atoms with Crippen LogP contribution in [0.15, 0.2) is 4.99 Å². The molecule has 0 aromatic rings. The van der Waals surface area contributed by atoms with Crippen LogP contribution in [0.2, 0.25) is 0 Å². The molecule has 0 atom stereocenters. The molecular weight excluding hydrogens is 176 g/mol. The third-order valence-corrected chi connectivity index (χ3v) is 1.79. The van der Waals surface area contributed by atoms with Crippen molar-refractivity contribution in [1.82, 2.24) is 5.32 Å². The van der Waals surface area contributed by atoms with Crippen LogP contribution in [-0.2, 0) is 4.79 Å². The Labute approximate surface area is 87.0 Å². The molecule has 0 bridgehead atoms. The maximum Gasteiger partial charge on any atom is 0.222 e. The van der Waals surface area contributed by atoms with Crippen LogP contribution in [0.5, 0.6) is 0 Å². The minimum atomic E-state index is -0.0536. The summed E-state index contributed by atoms with van der Waals surface area (Å²) in [5, 5.41) is 2.65. The molecule has 82 valence electrons. The fourth-order valence-electron chi connectivity index (χ4n) is 1.15. The van der Waals surface area contributed by atoms with Crippen molar-refractivity contribution in [1.29, 1.82) is 0 Å². The van der Waals surface area contributed by atoms with Gasteiger partial charge in [0, 0.05) is 13.5 Å². The van der Waals surface area contributed by atoms with E-state index in [-0.39, 0.29) is 5.91 Å². The number of hydrogen-bond acceptors (Lipinski definition) is 2. The largest absolute Gasteiger partial charge is 0.315 e. The molecule has 1 amide bonds. The first kappa shape index (κ1) is 13.1. The third kappa shape index (κ3) is 9.23. The summed E-state index contributed by atoms with van der Waals surface area (Å²) in [6.45, 7) is 10.8. The lowest BCUT2D eigenvalue weighted by Gasteiger charge is -2.16. The van der Waals surface area contributed by atoms with Gasteiger partial charge in [-0.3, -0.25) is 9.79 Å². The highest BCUT2D eigenvalue weighted by atomic mass is 16.1. The van der Waals surface area contributed by atoms with Crippen molar-refractivity contribution in [3.63, 3.8) is 0 Å². The first-order valence-electron chi connectivity index (χ1n) is 5.10. The van der Waals surface area contributed by atoms with Crippen molar-refractivity contribution in [2.75, 3.05) is 6.54 Å². The average Bonchev–Trinajstić information content (AvgIpc) is 1.95. The number of amidine groups is 1. The molecule has 0 heterocycles. The average molecular weight is 198 g/mol. The monoisotopic (exact) mass is 198 g/mol. The second-order valence-corrected chi connectivity index (χ2v) is 4.81. The summed E-state index contributed by atoms with van der Waals surface area (Å²) in [7, 11) is 0. The summed E-state index contributed by atoms with van der Waals surface area (Å²) in [5.74, 6) is 0.661. The Balaban J connectivity index is 3.66. The molecule has 0 radical (unpaired) electrons. The van der Waals surface area contributed by atoms with Crippen LogP contribution < -0.4 is 5.32 Å². The topological polar surface area (TPSA) is 41.5 Å². The van der Waals surface area contributed by atoms with E-state index in [1.54, 1.807) is 0 Å². The Morgan fingerprint density at radius 3 is 2.29 bits per heavy atom. The number of amides is 1. The quantitative estimate of drug-likeness (QED) is 0.422. The van der Waals surface area contributed by atoms with Gasteiger partial charge in [0.25, 0.3) is 0 Å². The predicted molar refractivity (Wildman–Crippen MR) is 60.5 cm³/mol. The maximum atomic E-state index is 10.7. The molecule has 0 aliphatic heterocycles. The molecule has 0 unspecified atom stereocenters. The molecule has 0 aromatic heterocycles. The highest BCUT2D eigenvalue weighted by Crippen LogP contribution is 2.20. The lowest BCUT2D eigenvalue weighted by Crippen LogP contribution is -2.25. The molecule has 3 heteroatoms. The van der Waals surface area contributed by atoms with Crippen molar-refractivity contribution in [3.05, 3.63) is 0 Å². The van der Waals surface area contributed by atoms with Gasteiger partial charge in [-0.2, -0.15) is 0 Å². The molecule has 0 saturated carbocycles. The van der Waals surface area contributed by atoms with Gasteiger partial charge in [0.15, 0.2) is 0 Å². The van der Waals surface area contributed by atoms with E-state index in [4.69, 9.17) is 0 Å². The third-order valence-electron chi connectivity index (χ3n) is 1.79. The number of carbonyl (C=O) groups excluding carboxylic acids is 1. The fraction of sp³-hybridized carbons (Fsp3) is 0.818. The van der Waals surface area contributed by atoms with Gasteiger partial charge < -0.3 is 5.32 Å². The molecular formula is C11H22N2O. The van der Waals surface area contributed by atoms with Crippen molar-refractivity contribution in [2.24, 2.45) is 10.4 Å². The first-order valence-corrected chi connectivity index (χ1v) is 5.10. The number of hydrogen-bond donors (Lipinski definition) is 1. The van der Waals surface area contributed by atoms with Gasteiger partial charge >= 0.3 is 0 Å². The van der Waals surface area contributed by atoms with Crippen molar-refractivity contribution < 1.29 is 4.79 Å². The molecule has 14 heavy (non-hydrogen) atoms. The van der Waals surface area contributed by atoms with E-state index >= 15 is 0 Å². The minimum Gasteiger partial charge on any atom is -0.315 e. The van der Waals surface area contributed by atoms with Crippen molar-refractivity contribution in [3.8, 4) is 0 Å². The Morgan fingerprint density at radius 1 is 1.29 bits per heavy atom. The molecule has 1 N–H and O–H groups in total. The Morgan fingerprint density at radius 2 is 1.86 bits per heavy atom. The van der Waals surface area contributed by atoms with Crippen LogP contribution in [0.25, 0.3) is 0 Å². The van der Waals surface area contributed by atoms with Gasteiger partial charge in [0.2, 0.25) is 5.91 Å². The minimum absolute atomic E-state index is 0.0536. The molecule has 0 aliphatic rings. The van der Waals surface area contributed by atoms with Gasteiger partial charge in [-0.15, -0.1) is 0 Å². The van der Waals surface area contributed by atoms with Crippen LogP contribution in [0.4, 0.5) is 0 Å². The van der Waals surface area contributed by atoms with Gasteiger partial charge in [-0.1, -0.05) is 20.8 Å². The highest BCUT2D eigenvalue weighted by molar-refractivity contribution is 5.95. The van der Waals surface area contributed by atoms with Gasteiger partial charge in [0.1, 0.15) is 0 Å². The molecule has 0 rings (SSSR count). The number of rotatable bonds is 3. The van der Waals surface area contributed by atoms with Gasteiger partial charge in [-0.05, 0) is 25.2 Å². The van der Waals surface area contributed by atoms with E-state index in [1.165, 1.54) is 6.92 Å². The van der Waals surface area contributed by atoms with Crippen molar-refractivity contribution >= 4 is 11.7 Å². The van der Waals surface area contributed by atoms with Crippen LogP contribution in [0.3, 0.4) is 0 Å². The molecule has 3 nitrogen and oxygen atoms in total. The predicted octanol–water partition coefficient (Wildman–Crippen LogP) is 2.37. The van der Waals surface area contributed by atoms with E-state index in [1.807, 2.05) is 6.92 Å². The van der Waals surface area contributed by atoms with Gasteiger partial charge in [0.05, 0.1) is 5.84 Å².